The fourth-order valence-electron chi connectivity index (χ4n) is 1.95. The van der Waals surface area contributed by atoms with Crippen LogP contribution in [0.3, 0.4) is 0 Å². The zero-order valence-electron chi connectivity index (χ0n) is 8.93. The van der Waals surface area contributed by atoms with Crippen molar-refractivity contribution in [1.82, 2.24) is 4.90 Å². The van der Waals surface area contributed by atoms with Gasteiger partial charge in [0.2, 0.25) is 0 Å². The zero-order valence-corrected chi connectivity index (χ0v) is 10.6. The van der Waals surface area contributed by atoms with E-state index in [4.69, 9.17) is 0 Å². The first-order valence-corrected chi connectivity index (χ1v) is 5.66. The Morgan fingerprint density at radius 3 is 2.23 bits per heavy atom. The smallest absolute Gasteiger partial charge is 0.00187 e. The maximum absolute atomic E-state index is 2.64. The van der Waals surface area contributed by atoms with E-state index in [1.807, 2.05) is 0 Å². The third-order valence-corrected chi connectivity index (χ3v) is 2.78. The fraction of sp³-hybridized carbons (Fsp3) is 1.00. The molecule has 0 aromatic rings. The molecule has 1 aliphatic rings. The summed E-state index contributed by atoms with van der Waals surface area (Å²) in [6, 6.07) is 0. The number of hydrogen-bond donors (Lipinski definition) is 0. The SMILES string of the molecule is Br.CCCCCCN1CCCCC1. The molecule has 13 heavy (non-hydrogen) atoms. The average Bonchev–Trinajstić information content (AvgIpc) is 2.14. The summed E-state index contributed by atoms with van der Waals surface area (Å²) in [4.78, 5) is 2.64. The van der Waals surface area contributed by atoms with Gasteiger partial charge in [0, 0.05) is 0 Å². The molecule has 0 bridgehead atoms. The lowest BCUT2D eigenvalue weighted by Crippen LogP contribution is -2.30. The van der Waals surface area contributed by atoms with E-state index in [0.717, 1.165) is 0 Å². The standard InChI is InChI=1S/C11H23N.BrH/c1-2-3-4-6-9-12-10-7-5-8-11-12;/h2-11H2,1H3;1H. The molecule has 1 nitrogen and oxygen atoms in total. The summed E-state index contributed by atoms with van der Waals surface area (Å²) < 4.78 is 0. The van der Waals surface area contributed by atoms with Gasteiger partial charge in [-0.15, -0.1) is 17.0 Å². The number of hydrogen-bond acceptors (Lipinski definition) is 1. The van der Waals surface area contributed by atoms with Crippen LogP contribution in [0.1, 0.15) is 51.9 Å². The second-order valence-electron chi connectivity index (χ2n) is 3.96. The highest BCUT2D eigenvalue weighted by molar-refractivity contribution is 8.93. The first-order chi connectivity index (χ1) is 5.93. The van der Waals surface area contributed by atoms with E-state index in [1.165, 1.54) is 64.6 Å². The molecular weight excluding hydrogens is 226 g/mol. The molecule has 0 saturated carbocycles. The van der Waals surface area contributed by atoms with Gasteiger partial charge in [0.1, 0.15) is 0 Å². The van der Waals surface area contributed by atoms with E-state index in [2.05, 4.69) is 11.8 Å². The number of nitrogens with zero attached hydrogens (tertiary/aromatic N) is 1. The van der Waals surface area contributed by atoms with Crippen molar-refractivity contribution < 1.29 is 0 Å². The quantitative estimate of drug-likeness (QED) is 0.673. The number of piperidine rings is 1. The lowest BCUT2D eigenvalue weighted by atomic mass is 10.1. The first-order valence-electron chi connectivity index (χ1n) is 5.66. The van der Waals surface area contributed by atoms with E-state index in [9.17, 15) is 0 Å². The molecule has 1 saturated heterocycles. The summed E-state index contributed by atoms with van der Waals surface area (Å²) in [5.74, 6) is 0. The summed E-state index contributed by atoms with van der Waals surface area (Å²) in [7, 11) is 0. The maximum Gasteiger partial charge on any atom is -0.00187 e. The molecule has 0 radical (unpaired) electrons. The minimum absolute atomic E-state index is 0. The summed E-state index contributed by atoms with van der Waals surface area (Å²) >= 11 is 0. The molecule has 1 heterocycles. The van der Waals surface area contributed by atoms with Crippen LogP contribution in [-0.2, 0) is 0 Å². The molecule has 1 aliphatic heterocycles. The molecule has 0 amide bonds. The molecule has 1 rings (SSSR count). The van der Waals surface area contributed by atoms with Gasteiger partial charge >= 0.3 is 0 Å². The normalized spacial score (nSPS) is 18.2. The van der Waals surface area contributed by atoms with Crippen molar-refractivity contribution in [1.29, 1.82) is 0 Å². The number of likely N-dealkylation sites (tertiary alicyclic amines) is 1. The van der Waals surface area contributed by atoms with Crippen LogP contribution in [0.25, 0.3) is 0 Å². The van der Waals surface area contributed by atoms with Crippen LogP contribution in [0.5, 0.6) is 0 Å². The number of unbranched alkanes of at least 4 members (excludes halogenated alkanes) is 3. The van der Waals surface area contributed by atoms with Crippen molar-refractivity contribution in [2.45, 2.75) is 51.9 Å². The molecule has 0 unspecified atom stereocenters. The van der Waals surface area contributed by atoms with Gasteiger partial charge in [-0.25, -0.2) is 0 Å². The molecule has 0 spiro atoms. The molecular formula is C11H24BrN. The zero-order chi connectivity index (χ0) is 8.65. The Hall–Kier alpha value is 0.440. The monoisotopic (exact) mass is 249 g/mol. The van der Waals surface area contributed by atoms with Crippen LogP contribution in [0.15, 0.2) is 0 Å². The van der Waals surface area contributed by atoms with Gasteiger partial charge in [0.15, 0.2) is 0 Å². The van der Waals surface area contributed by atoms with Crippen molar-refractivity contribution >= 4 is 17.0 Å². The van der Waals surface area contributed by atoms with E-state index in [-0.39, 0.29) is 17.0 Å². The highest BCUT2D eigenvalue weighted by Crippen LogP contribution is 2.10. The van der Waals surface area contributed by atoms with Crippen molar-refractivity contribution in [2.75, 3.05) is 19.6 Å². The van der Waals surface area contributed by atoms with Crippen molar-refractivity contribution in [3.63, 3.8) is 0 Å². The maximum atomic E-state index is 2.64. The van der Waals surface area contributed by atoms with Crippen LogP contribution < -0.4 is 0 Å². The third kappa shape index (κ3) is 6.50. The minimum Gasteiger partial charge on any atom is -0.303 e. The van der Waals surface area contributed by atoms with Gasteiger partial charge in [0.05, 0.1) is 0 Å². The molecule has 1 fully saturated rings. The Morgan fingerprint density at radius 1 is 0.923 bits per heavy atom. The molecule has 2 heteroatoms. The topological polar surface area (TPSA) is 3.24 Å². The van der Waals surface area contributed by atoms with Crippen molar-refractivity contribution in [3.05, 3.63) is 0 Å². The van der Waals surface area contributed by atoms with Gasteiger partial charge in [-0.1, -0.05) is 32.6 Å². The fourth-order valence-corrected chi connectivity index (χ4v) is 1.95. The van der Waals surface area contributed by atoms with Crippen LogP contribution in [0, 0.1) is 0 Å². The molecule has 80 valence electrons. The molecule has 0 aromatic carbocycles. The van der Waals surface area contributed by atoms with E-state index in [0.29, 0.717) is 0 Å². The number of rotatable bonds is 5. The second-order valence-corrected chi connectivity index (χ2v) is 3.96. The van der Waals surface area contributed by atoms with Crippen LogP contribution in [-0.4, -0.2) is 24.5 Å². The van der Waals surface area contributed by atoms with Gasteiger partial charge in [-0.05, 0) is 38.9 Å². The van der Waals surface area contributed by atoms with Gasteiger partial charge in [-0.3, -0.25) is 0 Å². The van der Waals surface area contributed by atoms with Gasteiger partial charge in [-0.2, -0.15) is 0 Å². The predicted octanol–water partition coefficient (Wildman–Crippen LogP) is 3.63. The van der Waals surface area contributed by atoms with E-state index in [1.54, 1.807) is 0 Å². The lowest BCUT2D eigenvalue weighted by molar-refractivity contribution is 0.224. The molecule has 0 aliphatic carbocycles. The average molecular weight is 250 g/mol. The summed E-state index contributed by atoms with van der Waals surface area (Å²) in [5, 5.41) is 0. The van der Waals surface area contributed by atoms with Crippen LogP contribution in [0.4, 0.5) is 0 Å². The van der Waals surface area contributed by atoms with Gasteiger partial charge < -0.3 is 4.90 Å². The lowest BCUT2D eigenvalue weighted by Gasteiger charge is -2.26. The summed E-state index contributed by atoms with van der Waals surface area (Å²) in [5.41, 5.74) is 0. The van der Waals surface area contributed by atoms with Crippen LogP contribution >= 0.6 is 17.0 Å². The van der Waals surface area contributed by atoms with Crippen LogP contribution in [0.2, 0.25) is 0 Å². The second kappa shape index (κ2) is 9.01. The Bertz CT molecular complexity index is 100. The largest absolute Gasteiger partial charge is 0.303 e. The highest BCUT2D eigenvalue weighted by atomic mass is 79.9. The first kappa shape index (κ1) is 13.4. The minimum atomic E-state index is 0. The summed E-state index contributed by atoms with van der Waals surface area (Å²) in [6.45, 7) is 6.37. The van der Waals surface area contributed by atoms with Crippen molar-refractivity contribution in [2.24, 2.45) is 0 Å². The highest BCUT2D eigenvalue weighted by Gasteiger charge is 2.08. The summed E-state index contributed by atoms with van der Waals surface area (Å²) in [6.07, 6.45) is 9.99. The van der Waals surface area contributed by atoms with Crippen molar-refractivity contribution in [3.8, 4) is 0 Å². The Balaban J connectivity index is 0.00000144. The number of halogens is 1. The Morgan fingerprint density at radius 2 is 1.62 bits per heavy atom. The molecule has 0 aromatic heterocycles. The predicted molar refractivity (Wildman–Crippen MR) is 64.8 cm³/mol. The molecule has 0 atom stereocenters. The van der Waals surface area contributed by atoms with Gasteiger partial charge in [0.25, 0.3) is 0 Å². The third-order valence-electron chi connectivity index (χ3n) is 2.78. The molecule has 0 N–H and O–H groups in total. The van der Waals surface area contributed by atoms with E-state index >= 15 is 0 Å². The Labute approximate surface area is 93.7 Å². The Kier molecular flexibility index (Phi) is 9.32. The van der Waals surface area contributed by atoms with E-state index < -0.39 is 0 Å².